The molecule has 0 heterocycles. The zero-order chi connectivity index (χ0) is 10.0. The van der Waals surface area contributed by atoms with Gasteiger partial charge in [-0.2, -0.15) is 0 Å². The maximum Gasteiger partial charge on any atom is 0.150 e. The smallest absolute Gasteiger partial charge is 0.150 e. The predicted molar refractivity (Wildman–Crippen MR) is 47.8 cm³/mol. The first kappa shape index (κ1) is 9.71. The van der Waals surface area contributed by atoms with E-state index in [0.29, 0.717) is 28.7 Å². The molecule has 0 N–H and O–H groups in total. The Labute approximate surface area is 76.3 Å². The van der Waals surface area contributed by atoms with Crippen LogP contribution in [-0.4, -0.2) is 13.4 Å². The van der Waals surface area contributed by atoms with Crippen molar-refractivity contribution < 1.29 is 13.9 Å². The summed E-state index contributed by atoms with van der Waals surface area (Å²) in [6, 6.07) is 1.22. The first-order valence-electron chi connectivity index (χ1n) is 3.90. The number of ether oxygens (including phenoxy) is 1. The molecule has 2 nitrogen and oxygen atoms in total. The maximum atomic E-state index is 13.2. The zero-order valence-electron chi connectivity index (χ0n) is 7.85. The molecule has 13 heavy (non-hydrogen) atoms. The van der Waals surface area contributed by atoms with Crippen molar-refractivity contribution in [2.45, 2.75) is 13.8 Å². The molecule has 0 saturated carbocycles. The molecular formula is C10H11FO2. The van der Waals surface area contributed by atoms with Crippen LogP contribution in [0.2, 0.25) is 0 Å². The molecule has 0 fully saturated rings. The summed E-state index contributed by atoms with van der Waals surface area (Å²) in [6.07, 6.45) is 0.625. The van der Waals surface area contributed by atoms with Crippen LogP contribution >= 0.6 is 0 Å². The van der Waals surface area contributed by atoms with Crippen molar-refractivity contribution >= 4 is 6.29 Å². The van der Waals surface area contributed by atoms with Gasteiger partial charge in [0.25, 0.3) is 0 Å². The lowest BCUT2D eigenvalue weighted by molar-refractivity contribution is 0.112. The number of benzene rings is 1. The zero-order valence-corrected chi connectivity index (χ0v) is 7.85. The second-order valence-electron chi connectivity index (χ2n) is 2.85. The molecule has 1 rings (SSSR count). The molecule has 0 unspecified atom stereocenters. The van der Waals surface area contributed by atoms with Crippen LogP contribution in [0.5, 0.6) is 5.75 Å². The number of aldehydes is 1. The lowest BCUT2D eigenvalue weighted by Crippen LogP contribution is -1.98. The molecule has 3 heteroatoms. The van der Waals surface area contributed by atoms with Gasteiger partial charge in [0.2, 0.25) is 0 Å². The van der Waals surface area contributed by atoms with Crippen molar-refractivity contribution in [2.75, 3.05) is 7.11 Å². The van der Waals surface area contributed by atoms with Gasteiger partial charge >= 0.3 is 0 Å². The van der Waals surface area contributed by atoms with Gasteiger partial charge in [0.1, 0.15) is 11.6 Å². The molecule has 0 aliphatic rings. The summed E-state index contributed by atoms with van der Waals surface area (Å²) >= 11 is 0. The van der Waals surface area contributed by atoms with E-state index in [2.05, 4.69) is 0 Å². The van der Waals surface area contributed by atoms with Gasteiger partial charge in [0.05, 0.1) is 7.11 Å². The van der Waals surface area contributed by atoms with E-state index in [0.717, 1.165) is 0 Å². The summed E-state index contributed by atoms with van der Waals surface area (Å²) in [5.74, 6) is 0.0339. The average molecular weight is 182 g/mol. The normalized spacial score (nSPS) is 9.85. The number of hydrogen-bond donors (Lipinski definition) is 0. The Morgan fingerprint density at radius 2 is 2.00 bits per heavy atom. The SMILES string of the molecule is COc1c(C)c(F)cc(C=O)c1C. The molecule has 0 amide bonds. The Bertz CT molecular complexity index is 345. The van der Waals surface area contributed by atoms with Gasteiger partial charge in [-0.15, -0.1) is 0 Å². The van der Waals surface area contributed by atoms with E-state index >= 15 is 0 Å². The monoisotopic (exact) mass is 182 g/mol. The fourth-order valence-electron chi connectivity index (χ4n) is 1.30. The van der Waals surface area contributed by atoms with Gasteiger partial charge in [-0.1, -0.05) is 0 Å². The Morgan fingerprint density at radius 3 is 2.46 bits per heavy atom. The molecule has 0 saturated heterocycles. The summed E-state index contributed by atoms with van der Waals surface area (Å²) in [5.41, 5.74) is 1.45. The van der Waals surface area contributed by atoms with Gasteiger partial charge in [0, 0.05) is 16.7 Å². The minimum atomic E-state index is -0.412. The minimum absolute atomic E-state index is 0.333. The van der Waals surface area contributed by atoms with E-state index in [-0.39, 0.29) is 0 Å². The Kier molecular flexibility index (Phi) is 2.66. The number of hydrogen-bond acceptors (Lipinski definition) is 2. The summed E-state index contributed by atoms with van der Waals surface area (Å²) in [5, 5.41) is 0. The summed E-state index contributed by atoms with van der Waals surface area (Å²) in [4.78, 5) is 10.5. The summed E-state index contributed by atoms with van der Waals surface area (Å²) < 4.78 is 18.2. The van der Waals surface area contributed by atoms with Crippen LogP contribution in [0, 0.1) is 19.7 Å². The van der Waals surface area contributed by atoms with E-state index in [9.17, 15) is 9.18 Å². The highest BCUT2D eigenvalue weighted by molar-refractivity contribution is 5.79. The lowest BCUT2D eigenvalue weighted by Gasteiger charge is -2.10. The minimum Gasteiger partial charge on any atom is -0.496 e. The summed E-state index contributed by atoms with van der Waals surface area (Å²) in [7, 11) is 1.46. The van der Waals surface area contributed by atoms with Crippen molar-refractivity contribution in [1.82, 2.24) is 0 Å². The molecule has 0 spiro atoms. The second-order valence-corrected chi connectivity index (χ2v) is 2.85. The first-order chi connectivity index (χ1) is 6.11. The van der Waals surface area contributed by atoms with Crippen LogP contribution in [-0.2, 0) is 0 Å². The van der Waals surface area contributed by atoms with Crippen LogP contribution in [0.3, 0.4) is 0 Å². The van der Waals surface area contributed by atoms with Crippen molar-refractivity contribution in [3.8, 4) is 5.75 Å². The number of carbonyl (C=O) groups excluding carboxylic acids is 1. The first-order valence-corrected chi connectivity index (χ1v) is 3.90. The Balaban J connectivity index is 3.47. The lowest BCUT2D eigenvalue weighted by atomic mass is 10.0. The summed E-state index contributed by atoms with van der Waals surface area (Å²) in [6.45, 7) is 3.35. The molecule has 0 aromatic heterocycles. The average Bonchev–Trinajstić information content (AvgIpc) is 2.12. The fourth-order valence-corrected chi connectivity index (χ4v) is 1.30. The molecule has 0 aliphatic carbocycles. The molecule has 70 valence electrons. The van der Waals surface area contributed by atoms with E-state index < -0.39 is 5.82 Å². The molecule has 0 bridgehead atoms. The molecular weight excluding hydrogens is 171 g/mol. The maximum absolute atomic E-state index is 13.2. The van der Waals surface area contributed by atoms with Gasteiger partial charge < -0.3 is 4.74 Å². The fraction of sp³-hybridized carbons (Fsp3) is 0.300. The largest absolute Gasteiger partial charge is 0.496 e. The van der Waals surface area contributed by atoms with Crippen LogP contribution < -0.4 is 4.74 Å². The topological polar surface area (TPSA) is 26.3 Å². The number of methoxy groups -OCH3 is 1. The molecule has 0 radical (unpaired) electrons. The third kappa shape index (κ3) is 1.54. The molecule has 0 aliphatic heterocycles. The van der Waals surface area contributed by atoms with Crippen molar-refractivity contribution in [2.24, 2.45) is 0 Å². The van der Waals surface area contributed by atoms with Crippen LogP contribution in [0.1, 0.15) is 21.5 Å². The van der Waals surface area contributed by atoms with Gasteiger partial charge in [-0.25, -0.2) is 4.39 Å². The molecule has 0 atom stereocenters. The number of carbonyl (C=O) groups is 1. The highest BCUT2D eigenvalue weighted by atomic mass is 19.1. The van der Waals surface area contributed by atoms with Crippen molar-refractivity contribution in [1.29, 1.82) is 0 Å². The third-order valence-corrected chi connectivity index (χ3v) is 2.09. The Morgan fingerprint density at radius 1 is 1.38 bits per heavy atom. The van der Waals surface area contributed by atoms with Crippen LogP contribution in [0.15, 0.2) is 6.07 Å². The van der Waals surface area contributed by atoms with E-state index in [4.69, 9.17) is 4.74 Å². The van der Waals surface area contributed by atoms with E-state index in [1.165, 1.54) is 13.2 Å². The standard InChI is InChI=1S/C10H11FO2/c1-6-8(5-12)4-9(11)7(2)10(6)13-3/h4-5H,1-3H3. The van der Waals surface area contributed by atoms with Crippen LogP contribution in [0.25, 0.3) is 0 Å². The van der Waals surface area contributed by atoms with Gasteiger partial charge in [-0.3, -0.25) is 4.79 Å². The quantitative estimate of drug-likeness (QED) is 0.656. The molecule has 1 aromatic carbocycles. The number of halogens is 1. The molecule has 1 aromatic rings. The third-order valence-electron chi connectivity index (χ3n) is 2.09. The highest BCUT2D eigenvalue weighted by Gasteiger charge is 2.11. The van der Waals surface area contributed by atoms with Crippen LogP contribution in [0.4, 0.5) is 4.39 Å². The van der Waals surface area contributed by atoms with Gasteiger partial charge in [0.15, 0.2) is 6.29 Å². The predicted octanol–water partition coefficient (Wildman–Crippen LogP) is 2.26. The van der Waals surface area contributed by atoms with Crippen molar-refractivity contribution in [3.05, 3.63) is 28.6 Å². The highest BCUT2D eigenvalue weighted by Crippen LogP contribution is 2.27. The van der Waals surface area contributed by atoms with E-state index in [1.54, 1.807) is 13.8 Å². The van der Waals surface area contributed by atoms with E-state index in [1.807, 2.05) is 0 Å². The second kappa shape index (κ2) is 3.56. The van der Waals surface area contributed by atoms with Gasteiger partial charge in [-0.05, 0) is 19.9 Å². The van der Waals surface area contributed by atoms with Crippen molar-refractivity contribution in [3.63, 3.8) is 0 Å². The Hall–Kier alpha value is -1.38. The number of rotatable bonds is 2.